The average molecular weight is 123 g/mol. The molecule has 1 aromatic rings. The molecule has 1 heterocycles. The molecular weight excluding hydrogens is 112 g/mol. The second-order valence-electron chi connectivity index (χ2n) is 2.08. The number of nitrogens with zero attached hydrogens (tertiary/aromatic N) is 2. The lowest BCUT2D eigenvalue weighted by atomic mass is 10.3. The molecule has 0 N–H and O–H groups in total. The Morgan fingerprint density at radius 3 is 3.00 bits per heavy atom. The Kier molecular flexibility index (Phi) is 1.88. The molecule has 0 aromatic carbocycles. The lowest BCUT2D eigenvalue weighted by Gasteiger charge is -1.85. The molecule has 0 fully saturated rings. The van der Waals surface area contributed by atoms with E-state index >= 15 is 0 Å². The van der Waals surface area contributed by atoms with Gasteiger partial charge in [-0.15, -0.1) is 0 Å². The molecule has 0 aliphatic heterocycles. The van der Waals surface area contributed by atoms with E-state index in [2.05, 4.69) is 18.3 Å². The fraction of sp³-hybridized carbons (Fsp3) is 0.429. The van der Waals surface area contributed by atoms with Gasteiger partial charge in [0.05, 0.1) is 12.0 Å². The van der Waals surface area contributed by atoms with E-state index in [0.29, 0.717) is 0 Å². The average Bonchev–Trinajstić information content (AvgIpc) is 2.17. The van der Waals surface area contributed by atoms with Crippen molar-refractivity contribution in [3.05, 3.63) is 24.6 Å². The Bertz CT molecular complexity index is 179. The minimum atomic E-state index is 1.05. The van der Waals surface area contributed by atoms with Crippen LogP contribution in [-0.4, -0.2) is 9.55 Å². The van der Waals surface area contributed by atoms with Crippen LogP contribution >= 0.6 is 0 Å². The van der Waals surface area contributed by atoms with E-state index in [4.69, 9.17) is 0 Å². The number of hydrogen-bond acceptors (Lipinski definition) is 1. The van der Waals surface area contributed by atoms with E-state index in [0.717, 1.165) is 12.1 Å². The van der Waals surface area contributed by atoms with Crippen LogP contribution in [0.3, 0.4) is 0 Å². The first-order valence-corrected chi connectivity index (χ1v) is 3.14. The third-order valence-corrected chi connectivity index (χ3v) is 1.14. The molecule has 2 nitrogen and oxygen atoms in total. The summed E-state index contributed by atoms with van der Waals surface area (Å²) in [6.07, 6.45) is 6.96. The van der Waals surface area contributed by atoms with E-state index in [9.17, 15) is 0 Å². The van der Waals surface area contributed by atoms with Gasteiger partial charge in [-0.25, -0.2) is 4.98 Å². The number of aromatic nitrogens is 2. The van der Waals surface area contributed by atoms with Crippen molar-refractivity contribution < 1.29 is 0 Å². The number of aryl methyl sites for hydroxylation is 1. The Morgan fingerprint density at radius 2 is 2.56 bits per heavy atom. The van der Waals surface area contributed by atoms with Crippen LogP contribution in [0.15, 0.2) is 12.5 Å². The predicted octanol–water partition coefficient (Wildman–Crippen LogP) is 1.38. The Morgan fingerprint density at radius 1 is 1.78 bits per heavy atom. The first kappa shape index (κ1) is 6.33. The summed E-state index contributed by atoms with van der Waals surface area (Å²) >= 11 is 0. The maximum Gasteiger partial charge on any atom is 0.0946 e. The molecule has 49 valence electrons. The van der Waals surface area contributed by atoms with Gasteiger partial charge in [0.25, 0.3) is 0 Å². The van der Waals surface area contributed by atoms with Crippen molar-refractivity contribution >= 4 is 0 Å². The van der Waals surface area contributed by atoms with Crippen LogP contribution in [0.25, 0.3) is 0 Å². The van der Waals surface area contributed by atoms with Crippen molar-refractivity contribution in [2.75, 3.05) is 0 Å². The van der Waals surface area contributed by atoms with Crippen LogP contribution in [0.4, 0.5) is 0 Å². The van der Waals surface area contributed by atoms with Gasteiger partial charge in [-0.3, -0.25) is 0 Å². The highest BCUT2D eigenvalue weighted by atomic mass is 15.0. The number of hydrogen-bond donors (Lipinski definition) is 0. The molecule has 1 radical (unpaired) electrons. The van der Waals surface area contributed by atoms with Crippen molar-refractivity contribution in [1.82, 2.24) is 9.55 Å². The van der Waals surface area contributed by atoms with Crippen molar-refractivity contribution in [2.24, 2.45) is 7.05 Å². The van der Waals surface area contributed by atoms with Gasteiger partial charge in [0, 0.05) is 19.7 Å². The Balaban J connectivity index is 2.61. The third kappa shape index (κ3) is 1.56. The van der Waals surface area contributed by atoms with Gasteiger partial charge in [-0.1, -0.05) is 6.92 Å². The SMILES string of the molecule is CC[CH]c1cn(C)cn1. The normalized spacial score (nSPS) is 10.0. The summed E-state index contributed by atoms with van der Waals surface area (Å²) < 4.78 is 1.95. The lowest BCUT2D eigenvalue weighted by Crippen LogP contribution is -1.79. The highest BCUT2D eigenvalue weighted by molar-refractivity contribution is 5.07. The van der Waals surface area contributed by atoms with Crippen LogP contribution in [0.2, 0.25) is 0 Å². The molecule has 9 heavy (non-hydrogen) atoms. The molecule has 0 atom stereocenters. The molecule has 0 bridgehead atoms. The maximum atomic E-state index is 4.11. The molecule has 0 saturated carbocycles. The van der Waals surface area contributed by atoms with Gasteiger partial charge < -0.3 is 4.57 Å². The van der Waals surface area contributed by atoms with Crippen LogP contribution in [0, 0.1) is 6.42 Å². The summed E-state index contributed by atoms with van der Waals surface area (Å²) in [6, 6.07) is 0. The summed E-state index contributed by atoms with van der Waals surface area (Å²) in [5.41, 5.74) is 1.07. The van der Waals surface area contributed by atoms with E-state index < -0.39 is 0 Å². The smallest absolute Gasteiger partial charge is 0.0946 e. The summed E-state index contributed by atoms with van der Waals surface area (Å²) in [4.78, 5) is 4.11. The number of rotatable bonds is 2. The molecule has 0 unspecified atom stereocenters. The molecule has 1 aromatic heterocycles. The first-order chi connectivity index (χ1) is 4.33. The van der Waals surface area contributed by atoms with Crippen LogP contribution in [0.1, 0.15) is 19.0 Å². The minimum absolute atomic E-state index is 1.05. The van der Waals surface area contributed by atoms with E-state index in [-0.39, 0.29) is 0 Å². The van der Waals surface area contributed by atoms with Gasteiger partial charge in [-0.2, -0.15) is 0 Å². The number of imidazole rings is 1. The second kappa shape index (κ2) is 2.67. The monoisotopic (exact) mass is 123 g/mol. The van der Waals surface area contributed by atoms with Gasteiger partial charge >= 0.3 is 0 Å². The third-order valence-electron chi connectivity index (χ3n) is 1.14. The fourth-order valence-electron chi connectivity index (χ4n) is 0.748. The zero-order chi connectivity index (χ0) is 6.69. The van der Waals surface area contributed by atoms with Gasteiger partial charge in [0.1, 0.15) is 0 Å². The Labute approximate surface area is 55.5 Å². The zero-order valence-corrected chi connectivity index (χ0v) is 5.83. The molecule has 2 heteroatoms. The predicted molar refractivity (Wildman–Crippen MR) is 36.9 cm³/mol. The highest BCUT2D eigenvalue weighted by Crippen LogP contribution is 1.99. The fourth-order valence-corrected chi connectivity index (χ4v) is 0.748. The second-order valence-corrected chi connectivity index (χ2v) is 2.08. The summed E-state index contributed by atoms with van der Waals surface area (Å²) in [5.74, 6) is 0. The van der Waals surface area contributed by atoms with Crippen LogP contribution in [-0.2, 0) is 7.05 Å². The topological polar surface area (TPSA) is 17.8 Å². The van der Waals surface area contributed by atoms with E-state index in [1.54, 1.807) is 0 Å². The minimum Gasteiger partial charge on any atom is -0.340 e. The van der Waals surface area contributed by atoms with Crippen molar-refractivity contribution in [3.63, 3.8) is 0 Å². The quantitative estimate of drug-likeness (QED) is 0.581. The standard InChI is InChI=1S/C7H11N2/c1-3-4-7-5-9(2)6-8-7/h4-6H,3H2,1-2H3. The summed E-state index contributed by atoms with van der Waals surface area (Å²) in [7, 11) is 1.97. The molecular formula is C7H11N2. The van der Waals surface area contributed by atoms with E-state index in [1.165, 1.54) is 0 Å². The molecule has 0 aliphatic rings. The van der Waals surface area contributed by atoms with Gasteiger partial charge in [0.15, 0.2) is 0 Å². The zero-order valence-electron chi connectivity index (χ0n) is 5.83. The van der Waals surface area contributed by atoms with Gasteiger partial charge in [0.2, 0.25) is 0 Å². The van der Waals surface area contributed by atoms with Gasteiger partial charge in [-0.05, 0) is 6.42 Å². The van der Waals surface area contributed by atoms with Crippen molar-refractivity contribution in [1.29, 1.82) is 0 Å². The molecule has 0 amide bonds. The Hall–Kier alpha value is -0.790. The lowest BCUT2D eigenvalue weighted by molar-refractivity contribution is 0.913. The first-order valence-electron chi connectivity index (χ1n) is 3.14. The highest BCUT2D eigenvalue weighted by Gasteiger charge is 1.91. The van der Waals surface area contributed by atoms with E-state index in [1.807, 2.05) is 24.1 Å². The molecule has 0 aliphatic carbocycles. The maximum absolute atomic E-state index is 4.11. The summed E-state index contributed by atoms with van der Waals surface area (Å²) in [6.45, 7) is 2.11. The largest absolute Gasteiger partial charge is 0.340 e. The molecule has 0 saturated heterocycles. The van der Waals surface area contributed by atoms with Crippen LogP contribution < -0.4 is 0 Å². The van der Waals surface area contributed by atoms with Crippen molar-refractivity contribution in [2.45, 2.75) is 13.3 Å². The summed E-state index contributed by atoms with van der Waals surface area (Å²) in [5, 5.41) is 0. The van der Waals surface area contributed by atoms with Crippen molar-refractivity contribution in [3.8, 4) is 0 Å². The molecule has 1 rings (SSSR count). The molecule has 0 spiro atoms. The van der Waals surface area contributed by atoms with Crippen LogP contribution in [0.5, 0.6) is 0 Å².